The minimum atomic E-state index is -0.509. The quantitative estimate of drug-likeness (QED) is 0.924. The number of hydrogen-bond acceptors (Lipinski definition) is 4. The van der Waals surface area contributed by atoms with Crippen LogP contribution in [0.5, 0.6) is 5.75 Å². The van der Waals surface area contributed by atoms with Crippen molar-refractivity contribution in [1.82, 2.24) is 4.98 Å². The van der Waals surface area contributed by atoms with E-state index < -0.39 is 5.60 Å². The van der Waals surface area contributed by atoms with Crippen LogP contribution in [0.4, 0.5) is 0 Å². The number of aliphatic hydroxyl groups is 1. The second kappa shape index (κ2) is 4.93. The van der Waals surface area contributed by atoms with Crippen LogP contribution in [0.2, 0.25) is 0 Å². The summed E-state index contributed by atoms with van der Waals surface area (Å²) >= 11 is 1.72. The van der Waals surface area contributed by atoms with E-state index in [4.69, 9.17) is 9.72 Å². The first-order valence-electron chi connectivity index (χ1n) is 8.80. The van der Waals surface area contributed by atoms with Gasteiger partial charge in [-0.15, -0.1) is 11.3 Å². The smallest absolute Gasteiger partial charge is 0.120 e. The highest BCUT2D eigenvalue weighted by atomic mass is 32.1. The molecule has 0 unspecified atom stereocenters. The van der Waals surface area contributed by atoms with Crippen LogP contribution in [0.1, 0.15) is 37.1 Å². The lowest BCUT2D eigenvalue weighted by molar-refractivity contribution is -0.171. The third-order valence-electron chi connectivity index (χ3n) is 6.63. The molecule has 1 aromatic carbocycles. The first-order valence-corrected chi connectivity index (χ1v) is 9.61. The fraction of sp³-hybridized carbons (Fsp3) is 0.632. The Morgan fingerprint density at radius 2 is 1.87 bits per heavy atom. The molecule has 0 radical (unpaired) electrons. The molecule has 4 heteroatoms. The number of methoxy groups -OCH3 is 1. The minimum Gasteiger partial charge on any atom is -0.497 e. The zero-order valence-electron chi connectivity index (χ0n) is 13.5. The molecule has 1 N–H and O–H groups in total. The first-order chi connectivity index (χ1) is 11.1. The monoisotopic (exact) mass is 329 g/mol. The highest BCUT2D eigenvalue weighted by Crippen LogP contribution is 2.59. The van der Waals surface area contributed by atoms with Gasteiger partial charge in [0.05, 0.1) is 27.9 Å². The van der Waals surface area contributed by atoms with Crippen molar-refractivity contribution in [3.8, 4) is 5.75 Å². The third kappa shape index (κ3) is 2.14. The number of aromatic nitrogens is 1. The number of hydrogen-bond donors (Lipinski definition) is 1. The van der Waals surface area contributed by atoms with E-state index in [0.29, 0.717) is 11.8 Å². The van der Waals surface area contributed by atoms with Gasteiger partial charge in [-0.25, -0.2) is 4.98 Å². The summed E-state index contributed by atoms with van der Waals surface area (Å²) in [6.07, 6.45) is 7.11. The van der Waals surface area contributed by atoms with Crippen molar-refractivity contribution in [3.05, 3.63) is 23.2 Å². The molecule has 122 valence electrons. The summed E-state index contributed by atoms with van der Waals surface area (Å²) in [7, 11) is 1.69. The average molecular weight is 329 g/mol. The molecule has 4 aliphatic carbocycles. The number of ether oxygens (including phenoxy) is 1. The first kappa shape index (κ1) is 14.2. The maximum absolute atomic E-state index is 11.5. The van der Waals surface area contributed by atoms with E-state index in [1.807, 2.05) is 12.1 Å². The Morgan fingerprint density at radius 3 is 2.52 bits per heavy atom. The largest absolute Gasteiger partial charge is 0.497 e. The van der Waals surface area contributed by atoms with Crippen molar-refractivity contribution in [3.63, 3.8) is 0 Å². The fourth-order valence-corrected chi connectivity index (χ4v) is 6.78. The van der Waals surface area contributed by atoms with Crippen LogP contribution in [0, 0.1) is 23.7 Å². The van der Waals surface area contributed by atoms with Crippen LogP contribution < -0.4 is 4.74 Å². The van der Waals surface area contributed by atoms with Crippen molar-refractivity contribution in [2.45, 2.75) is 44.1 Å². The van der Waals surface area contributed by atoms with Crippen LogP contribution in [-0.4, -0.2) is 22.8 Å². The van der Waals surface area contributed by atoms with Gasteiger partial charge in [0.15, 0.2) is 0 Å². The predicted molar refractivity (Wildman–Crippen MR) is 91.9 cm³/mol. The molecule has 0 aliphatic heterocycles. The Morgan fingerprint density at radius 1 is 1.17 bits per heavy atom. The van der Waals surface area contributed by atoms with E-state index in [2.05, 4.69) is 6.07 Å². The van der Waals surface area contributed by atoms with Gasteiger partial charge in [0.1, 0.15) is 5.75 Å². The molecule has 4 saturated carbocycles. The maximum atomic E-state index is 11.5. The molecule has 0 spiro atoms. The standard InChI is InChI=1S/C19H23NO2S/c1-22-15-2-3-16-17(9-15)23-18(20-16)10-19(21)13-5-11-4-12(7-13)8-14(19)6-11/h2-3,9,11-14,21H,4-8,10H2,1H3. The van der Waals surface area contributed by atoms with E-state index in [9.17, 15) is 5.11 Å². The van der Waals surface area contributed by atoms with Crippen molar-refractivity contribution in [2.24, 2.45) is 23.7 Å². The van der Waals surface area contributed by atoms with Crippen LogP contribution >= 0.6 is 11.3 Å². The minimum absolute atomic E-state index is 0.500. The van der Waals surface area contributed by atoms with Crippen molar-refractivity contribution >= 4 is 21.6 Å². The van der Waals surface area contributed by atoms with E-state index in [1.165, 1.54) is 32.1 Å². The van der Waals surface area contributed by atoms with Gasteiger partial charge in [-0.2, -0.15) is 0 Å². The number of benzene rings is 1. The van der Waals surface area contributed by atoms with Gasteiger partial charge in [0.2, 0.25) is 0 Å². The molecule has 2 aromatic rings. The summed E-state index contributed by atoms with van der Waals surface area (Å²) in [4.78, 5) is 4.79. The van der Waals surface area contributed by atoms with Gasteiger partial charge < -0.3 is 9.84 Å². The van der Waals surface area contributed by atoms with Crippen molar-refractivity contribution in [2.75, 3.05) is 7.11 Å². The number of rotatable bonds is 3. The highest BCUT2D eigenvalue weighted by Gasteiger charge is 2.56. The van der Waals surface area contributed by atoms with Crippen molar-refractivity contribution < 1.29 is 9.84 Å². The topological polar surface area (TPSA) is 42.4 Å². The number of fused-ring (bicyclic) bond motifs is 1. The molecular weight excluding hydrogens is 306 g/mol. The lowest BCUT2D eigenvalue weighted by Crippen LogP contribution is -2.58. The normalized spacial score (nSPS) is 38.3. The number of nitrogens with zero attached hydrogens (tertiary/aromatic N) is 1. The molecule has 4 bridgehead atoms. The van der Waals surface area contributed by atoms with Crippen LogP contribution in [0.15, 0.2) is 18.2 Å². The SMILES string of the molecule is COc1ccc2nc(CC3(O)C4CC5CC(C4)CC3C5)sc2c1. The van der Waals surface area contributed by atoms with Crippen LogP contribution in [0.25, 0.3) is 10.2 Å². The highest BCUT2D eigenvalue weighted by molar-refractivity contribution is 7.18. The third-order valence-corrected chi connectivity index (χ3v) is 7.64. The summed E-state index contributed by atoms with van der Waals surface area (Å²) in [6.45, 7) is 0. The molecule has 23 heavy (non-hydrogen) atoms. The van der Waals surface area contributed by atoms with E-state index >= 15 is 0 Å². The fourth-order valence-electron chi connectivity index (χ4n) is 5.69. The molecule has 4 aliphatic rings. The molecule has 1 heterocycles. The summed E-state index contributed by atoms with van der Waals surface area (Å²) in [5, 5.41) is 12.6. The maximum Gasteiger partial charge on any atom is 0.120 e. The van der Waals surface area contributed by atoms with E-state index in [0.717, 1.165) is 39.2 Å². The van der Waals surface area contributed by atoms with Crippen molar-refractivity contribution in [1.29, 1.82) is 0 Å². The van der Waals surface area contributed by atoms with Gasteiger partial charge in [0, 0.05) is 6.42 Å². The lowest BCUT2D eigenvalue weighted by atomic mass is 9.49. The predicted octanol–water partition coefficient (Wildman–Crippen LogP) is 4.03. The van der Waals surface area contributed by atoms with Gasteiger partial charge in [0.25, 0.3) is 0 Å². The molecule has 6 rings (SSSR count). The molecule has 4 fully saturated rings. The molecular formula is C19H23NO2S. The summed E-state index contributed by atoms with van der Waals surface area (Å²) in [5.41, 5.74) is 0.518. The molecule has 1 aromatic heterocycles. The van der Waals surface area contributed by atoms with E-state index in [-0.39, 0.29) is 0 Å². The summed E-state index contributed by atoms with van der Waals surface area (Å²) < 4.78 is 6.47. The molecule has 0 atom stereocenters. The van der Waals surface area contributed by atoms with Gasteiger partial charge >= 0.3 is 0 Å². The summed E-state index contributed by atoms with van der Waals surface area (Å²) in [6, 6.07) is 6.04. The zero-order chi connectivity index (χ0) is 15.6. The molecule has 0 saturated heterocycles. The van der Waals surface area contributed by atoms with Crippen LogP contribution in [0.3, 0.4) is 0 Å². The van der Waals surface area contributed by atoms with Crippen LogP contribution in [-0.2, 0) is 6.42 Å². The Kier molecular flexibility index (Phi) is 3.05. The average Bonchev–Trinajstić information content (AvgIpc) is 2.93. The second-order valence-corrected chi connectivity index (χ2v) is 9.03. The lowest BCUT2D eigenvalue weighted by Gasteiger charge is -2.58. The zero-order valence-corrected chi connectivity index (χ0v) is 14.3. The molecule has 3 nitrogen and oxygen atoms in total. The van der Waals surface area contributed by atoms with Gasteiger partial charge in [-0.05, 0) is 74.0 Å². The Labute approximate surface area is 140 Å². The Hall–Kier alpha value is -1.13. The summed E-state index contributed by atoms with van der Waals surface area (Å²) in [5.74, 6) is 3.65. The second-order valence-electron chi connectivity index (χ2n) is 7.91. The van der Waals surface area contributed by atoms with Gasteiger partial charge in [-0.3, -0.25) is 0 Å². The Balaban J connectivity index is 1.46. The number of thiazole rings is 1. The molecule has 0 amide bonds. The van der Waals surface area contributed by atoms with E-state index in [1.54, 1.807) is 18.4 Å². The Bertz CT molecular complexity index is 725. The van der Waals surface area contributed by atoms with Gasteiger partial charge in [-0.1, -0.05) is 0 Å².